The molecule has 112 valence electrons. The van der Waals surface area contributed by atoms with Gasteiger partial charge in [-0.05, 0) is 50.6 Å². The van der Waals surface area contributed by atoms with E-state index in [4.69, 9.17) is 27.9 Å². The van der Waals surface area contributed by atoms with Crippen molar-refractivity contribution in [2.45, 2.75) is 32.9 Å². The Labute approximate surface area is 136 Å². The third-order valence-corrected chi connectivity index (χ3v) is 3.80. The van der Waals surface area contributed by atoms with E-state index < -0.39 is 0 Å². The topological polar surface area (TPSA) is 21.3 Å². The molecule has 2 rings (SSSR count). The number of benzene rings is 2. The van der Waals surface area contributed by atoms with Crippen molar-refractivity contribution in [2.24, 2.45) is 0 Å². The maximum Gasteiger partial charge on any atom is 0.142 e. The van der Waals surface area contributed by atoms with Crippen LogP contribution in [0.5, 0.6) is 5.75 Å². The van der Waals surface area contributed by atoms with Gasteiger partial charge >= 0.3 is 0 Å². The lowest BCUT2D eigenvalue weighted by Gasteiger charge is -2.20. The summed E-state index contributed by atoms with van der Waals surface area (Å²) in [5.41, 5.74) is 2.04. The summed E-state index contributed by atoms with van der Waals surface area (Å²) in [4.78, 5) is 0. The molecule has 2 aromatic carbocycles. The van der Waals surface area contributed by atoms with Crippen LogP contribution >= 0.6 is 23.2 Å². The summed E-state index contributed by atoms with van der Waals surface area (Å²) in [5.74, 6) is 0.847. The molecule has 0 radical (unpaired) electrons. The Morgan fingerprint density at radius 3 is 2.33 bits per heavy atom. The Morgan fingerprint density at radius 2 is 1.67 bits per heavy atom. The fourth-order valence-electron chi connectivity index (χ4n) is 2.04. The normalized spacial score (nSPS) is 12.3. The number of halogens is 2. The summed E-state index contributed by atoms with van der Waals surface area (Å²) >= 11 is 12.0. The monoisotopic (exact) mass is 323 g/mol. The van der Waals surface area contributed by atoms with Crippen LogP contribution in [0.2, 0.25) is 10.0 Å². The molecule has 21 heavy (non-hydrogen) atoms. The number of nitrogens with one attached hydrogen (secondary N) is 1. The molecular formula is C17H19Cl2NO. The van der Waals surface area contributed by atoms with Crippen molar-refractivity contribution >= 4 is 28.9 Å². The lowest BCUT2D eigenvalue weighted by Crippen LogP contribution is -2.11. The average Bonchev–Trinajstić information content (AvgIpc) is 2.43. The molecule has 1 unspecified atom stereocenters. The Kier molecular flexibility index (Phi) is 5.38. The van der Waals surface area contributed by atoms with E-state index in [0.29, 0.717) is 10.0 Å². The smallest absolute Gasteiger partial charge is 0.142 e. The molecule has 0 spiro atoms. The van der Waals surface area contributed by atoms with Gasteiger partial charge in [-0.3, -0.25) is 0 Å². The summed E-state index contributed by atoms with van der Waals surface area (Å²) in [7, 11) is 0. The highest BCUT2D eigenvalue weighted by Gasteiger charge is 2.11. The van der Waals surface area contributed by atoms with Gasteiger partial charge in [-0.15, -0.1) is 0 Å². The van der Waals surface area contributed by atoms with Crippen LogP contribution in [0, 0.1) is 0 Å². The molecule has 0 amide bonds. The molecule has 1 atom stereocenters. The number of anilines is 1. The van der Waals surface area contributed by atoms with E-state index in [9.17, 15) is 0 Å². The molecule has 0 bridgehead atoms. The number of hydrogen-bond donors (Lipinski definition) is 1. The van der Waals surface area contributed by atoms with Crippen LogP contribution in [0.1, 0.15) is 32.4 Å². The van der Waals surface area contributed by atoms with Crippen LogP contribution in [-0.4, -0.2) is 6.10 Å². The number of para-hydroxylation sites is 2. The lowest BCUT2D eigenvalue weighted by atomic mass is 10.1. The zero-order chi connectivity index (χ0) is 15.4. The van der Waals surface area contributed by atoms with Gasteiger partial charge in [0.05, 0.1) is 21.8 Å². The van der Waals surface area contributed by atoms with Gasteiger partial charge in [0.2, 0.25) is 0 Å². The first kappa shape index (κ1) is 16.0. The minimum absolute atomic E-state index is 0.0941. The summed E-state index contributed by atoms with van der Waals surface area (Å²) in [6.07, 6.45) is 0.133. The standard InChI is InChI=1S/C17H19Cl2NO/c1-11(2)21-17-7-5-4-6-16(17)20-12(3)13-8-9-14(18)15(19)10-13/h4-12,20H,1-3H3. The van der Waals surface area contributed by atoms with Crippen LogP contribution in [0.4, 0.5) is 5.69 Å². The number of ether oxygens (including phenoxy) is 1. The Bertz CT molecular complexity index is 613. The molecule has 2 aromatic rings. The van der Waals surface area contributed by atoms with Gasteiger partial charge < -0.3 is 10.1 Å². The van der Waals surface area contributed by atoms with Crippen molar-refractivity contribution in [3.63, 3.8) is 0 Å². The molecular weight excluding hydrogens is 305 g/mol. The SMILES string of the molecule is CC(C)Oc1ccccc1NC(C)c1ccc(Cl)c(Cl)c1. The van der Waals surface area contributed by atoms with Gasteiger partial charge in [0, 0.05) is 6.04 Å². The largest absolute Gasteiger partial charge is 0.489 e. The van der Waals surface area contributed by atoms with Crippen LogP contribution < -0.4 is 10.1 Å². The fourth-order valence-corrected chi connectivity index (χ4v) is 2.35. The van der Waals surface area contributed by atoms with E-state index in [1.807, 2.05) is 56.3 Å². The summed E-state index contributed by atoms with van der Waals surface area (Å²) in [6, 6.07) is 13.7. The van der Waals surface area contributed by atoms with Crippen LogP contribution in [0.3, 0.4) is 0 Å². The van der Waals surface area contributed by atoms with Crippen molar-refractivity contribution in [3.05, 3.63) is 58.1 Å². The van der Waals surface area contributed by atoms with Gasteiger partial charge in [0.15, 0.2) is 0 Å². The second-order valence-electron chi connectivity index (χ2n) is 5.20. The zero-order valence-corrected chi connectivity index (χ0v) is 13.9. The number of rotatable bonds is 5. The van der Waals surface area contributed by atoms with Crippen molar-refractivity contribution < 1.29 is 4.74 Å². The van der Waals surface area contributed by atoms with Gasteiger partial charge in [0.1, 0.15) is 5.75 Å². The first-order chi connectivity index (χ1) is 9.97. The van der Waals surface area contributed by atoms with Gasteiger partial charge in [-0.25, -0.2) is 0 Å². The van der Waals surface area contributed by atoms with Crippen molar-refractivity contribution in [1.82, 2.24) is 0 Å². The van der Waals surface area contributed by atoms with E-state index in [1.54, 1.807) is 0 Å². The van der Waals surface area contributed by atoms with E-state index in [2.05, 4.69) is 12.2 Å². The molecule has 0 aliphatic carbocycles. The van der Waals surface area contributed by atoms with Crippen molar-refractivity contribution in [3.8, 4) is 5.75 Å². The highest BCUT2D eigenvalue weighted by Crippen LogP contribution is 2.31. The van der Waals surface area contributed by atoms with Gasteiger partial charge in [-0.1, -0.05) is 41.4 Å². The Hall–Kier alpha value is -1.38. The summed E-state index contributed by atoms with van der Waals surface area (Å²) in [6.45, 7) is 6.10. The zero-order valence-electron chi connectivity index (χ0n) is 12.4. The van der Waals surface area contributed by atoms with E-state index >= 15 is 0 Å². The van der Waals surface area contributed by atoms with E-state index in [-0.39, 0.29) is 12.1 Å². The third kappa shape index (κ3) is 4.29. The quantitative estimate of drug-likeness (QED) is 0.733. The first-order valence-electron chi connectivity index (χ1n) is 6.94. The first-order valence-corrected chi connectivity index (χ1v) is 7.70. The maximum atomic E-state index is 6.08. The van der Waals surface area contributed by atoms with Crippen LogP contribution in [0.25, 0.3) is 0 Å². The van der Waals surface area contributed by atoms with Gasteiger partial charge in [0.25, 0.3) is 0 Å². The highest BCUT2D eigenvalue weighted by molar-refractivity contribution is 6.42. The maximum absolute atomic E-state index is 6.08. The summed E-state index contributed by atoms with van der Waals surface area (Å²) in [5, 5.41) is 4.58. The van der Waals surface area contributed by atoms with Crippen LogP contribution in [0.15, 0.2) is 42.5 Å². The van der Waals surface area contributed by atoms with Gasteiger partial charge in [-0.2, -0.15) is 0 Å². The molecule has 0 aromatic heterocycles. The molecule has 1 N–H and O–H groups in total. The van der Waals surface area contributed by atoms with Crippen LogP contribution in [-0.2, 0) is 0 Å². The second kappa shape index (κ2) is 7.06. The second-order valence-corrected chi connectivity index (χ2v) is 6.02. The van der Waals surface area contributed by atoms with E-state index in [1.165, 1.54) is 0 Å². The molecule has 0 aliphatic rings. The molecule has 0 aliphatic heterocycles. The predicted molar refractivity (Wildman–Crippen MR) is 90.7 cm³/mol. The molecule has 0 saturated carbocycles. The Balaban J connectivity index is 2.19. The highest BCUT2D eigenvalue weighted by atomic mass is 35.5. The van der Waals surface area contributed by atoms with Crippen molar-refractivity contribution in [1.29, 1.82) is 0 Å². The fraction of sp³-hybridized carbons (Fsp3) is 0.294. The molecule has 0 fully saturated rings. The average molecular weight is 324 g/mol. The van der Waals surface area contributed by atoms with Crippen molar-refractivity contribution in [2.75, 3.05) is 5.32 Å². The third-order valence-electron chi connectivity index (χ3n) is 3.07. The number of hydrogen-bond acceptors (Lipinski definition) is 2. The Morgan fingerprint density at radius 1 is 0.952 bits per heavy atom. The molecule has 2 nitrogen and oxygen atoms in total. The molecule has 0 heterocycles. The molecule has 4 heteroatoms. The predicted octanol–water partition coefficient (Wildman–Crippen LogP) is 5.95. The van der Waals surface area contributed by atoms with E-state index in [0.717, 1.165) is 17.0 Å². The lowest BCUT2D eigenvalue weighted by molar-refractivity contribution is 0.243. The minimum atomic E-state index is 0.0941. The summed E-state index contributed by atoms with van der Waals surface area (Å²) < 4.78 is 5.82. The molecule has 0 saturated heterocycles. The minimum Gasteiger partial charge on any atom is -0.489 e.